The lowest BCUT2D eigenvalue weighted by Crippen LogP contribution is -2.42. The van der Waals surface area contributed by atoms with E-state index in [0.717, 1.165) is 9.37 Å². The third-order valence-electron chi connectivity index (χ3n) is 4.02. The minimum absolute atomic E-state index is 0.333. The van der Waals surface area contributed by atoms with Gasteiger partial charge in [0.25, 0.3) is 5.91 Å². The van der Waals surface area contributed by atoms with Crippen LogP contribution in [0.5, 0.6) is 0 Å². The lowest BCUT2D eigenvalue weighted by atomic mass is 9.92. The monoisotopic (exact) mass is 432 g/mol. The van der Waals surface area contributed by atoms with E-state index in [4.69, 9.17) is 5.26 Å². The predicted octanol–water partition coefficient (Wildman–Crippen LogP) is 2.79. The second kappa shape index (κ2) is 6.90. The summed E-state index contributed by atoms with van der Waals surface area (Å²) in [5.41, 5.74) is -0.306. The number of nitrogens with zero attached hydrogens (tertiary/aromatic N) is 2. The first kappa shape index (κ1) is 18.1. The van der Waals surface area contributed by atoms with E-state index in [1.54, 1.807) is 36.6 Å². The first-order valence-corrected chi connectivity index (χ1v) is 9.20. The number of halogens is 1. The molecule has 1 aliphatic rings. The molecule has 1 aromatic carbocycles. The second-order valence-corrected chi connectivity index (χ2v) is 7.61. The third-order valence-corrected chi connectivity index (χ3v) is 5.34. The van der Waals surface area contributed by atoms with Gasteiger partial charge in [-0.1, -0.05) is 28.1 Å². The molecule has 0 unspecified atom stereocenters. The van der Waals surface area contributed by atoms with Crippen LogP contribution >= 0.6 is 27.3 Å². The molecule has 132 valence electrons. The van der Waals surface area contributed by atoms with Crippen LogP contribution in [0, 0.1) is 11.3 Å². The van der Waals surface area contributed by atoms with Gasteiger partial charge < -0.3 is 10.6 Å². The highest BCUT2D eigenvalue weighted by molar-refractivity contribution is 9.10. The number of benzene rings is 1. The highest BCUT2D eigenvalue weighted by Crippen LogP contribution is 2.30. The fourth-order valence-corrected chi connectivity index (χ4v) is 3.79. The normalized spacial score (nSPS) is 19.2. The highest BCUT2D eigenvalue weighted by atomic mass is 79.9. The average molecular weight is 433 g/mol. The van der Waals surface area contributed by atoms with Crippen molar-refractivity contribution in [3.05, 3.63) is 51.3 Å². The number of anilines is 1. The molecule has 2 N–H and O–H groups in total. The van der Waals surface area contributed by atoms with Crippen LogP contribution in [0.1, 0.15) is 18.1 Å². The van der Waals surface area contributed by atoms with Crippen LogP contribution in [0.25, 0.3) is 0 Å². The minimum atomic E-state index is -1.25. The Balaban J connectivity index is 1.77. The van der Waals surface area contributed by atoms with Gasteiger partial charge in [0.2, 0.25) is 5.91 Å². The van der Waals surface area contributed by atoms with E-state index >= 15 is 0 Å². The van der Waals surface area contributed by atoms with Crippen molar-refractivity contribution < 1.29 is 14.4 Å². The Morgan fingerprint density at radius 3 is 2.88 bits per heavy atom. The molecular weight excluding hydrogens is 420 g/mol. The Bertz CT molecular complexity index is 951. The Kier molecular flexibility index (Phi) is 4.80. The summed E-state index contributed by atoms with van der Waals surface area (Å²) in [4.78, 5) is 38.2. The molecule has 26 heavy (non-hydrogen) atoms. The summed E-state index contributed by atoms with van der Waals surface area (Å²) in [5.74, 6) is -1.06. The number of nitrogens with one attached hydrogen (secondary N) is 2. The van der Waals surface area contributed by atoms with Crippen molar-refractivity contribution in [2.75, 3.05) is 11.9 Å². The van der Waals surface area contributed by atoms with Crippen molar-refractivity contribution in [3.8, 4) is 6.07 Å². The highest BCUT2D eigenvalue weighted by Gasteiger charge is 2.49. The summed E-state index contributed by atoms with van der Waals surface area (Å²) >= 11 is 4.54. The van der Waals surface area contributed by atoms with Crippen molar-refractivity contribution in [2.24, 2.45) is 0 Å². The molecule has 1 saturated heterocycles. The molecule has 1 aromatic heterocycles. The van der Waals surface area contributed by atoms with Gasteiger partial charge in [0.15, 0.2) is 0 Å². The number of nitriles is 1. The molecular formula is C17H13BrN4O3S. The number of thiophene rings is 1. The summed E-state index contributed by atoms with van der Waals surface area (Å²) in [7, 11) is 0. The van der Waals surface area contributed by atoms with Crippen molar-refractivity contribution in [1.82, 2.24) is 10.2 Å². The van der Waals surface area contributed by atoms with Crippen molar-refractivity contribution in [3.63, 3.8) is 0 Å². The van der Waals surface area contributed by atoms with Gasteiger partial charge in [-0.3, -0.25) is 14.5 Å². The molecule has 4 amide bonds. The number of urea groups is 1. The number of amides is 4. The van der Waals surface area contributed by atoms with E-state index in [-0.39, 0.29) is 0 Å². The zero-order valence-corrected chi connectivity index (χ0v) is 16.0. The van der Waals surface area contributed by atoms with Gasteiger partial charge in [-0.25, -0.2) is 4.79 Å². The Morgan fingerprint density at radius 1 is 1.42 bits per heavy atom. The summed E-state index contributed by atoms with van der Waals surface area (Å²) in [5, 5.41) is 16.2. The second-order valence-electron chi connectivity index (χ2n) is 5.78. The lowest BCUT2D eigenvalue weighted by molar-refractivity contribution is -0.133. The van der Waals surface area contributed by atoms with Gasteiger partial charge in [-0.15, -0.1) is 11.3 Å². The van der Waals surface area contributed by atoms with E-state index in [1.807, 2.05) is 12.1 Å². The first-order valence-electron chi connectivity index (χ1n) is 7.53. The molecule has 1 aliphatic heterocycles. The number of carbonyl (C=O) groups excluding carboxylic acids is 3. The van der Waals surface area contributed by atoms with Gasteiger partial charge in [0.1, 0.15) is 23.2 Å². The molecule has 2 heterocycles. The smallest absolute Gasteiger partial charge is 0.319 e. The molecule has 0 radical (unpaired) electrons. The van der Waals surface area contributed by atoms with E-state index in [0.29, 0.717) is 16.1 Å². The lowest BCUT2D eigenvalue weighted by Gasteiger charge is -2.22. The number of imide groups is 1. The van der Waals surface area contributed by atoms with Gasteiger partial charge in [0, 0.05) is 4.47 Å². The number of hydrogen-bond donors (Lipinski definition) is 2. The molecule has 2 aromatic rings. The maximum Gasteiger partial charge on any atom is 0.325 e. The van der Waals surface area contributed by atoms with Crippen LogP contribution in [0.2, 0.25) is 0 Å². The van der Waals surface area contributed by atoms with Gasteiger partial charge >= 0.3 is 6.03 Å². The number of carbonyl (C=O) groups is 3. The van der Waals surface area contributed by atoms with Crippen LogP contribution < -0.4 is 10.6 Å². The SMILES string of the molecule is C[C@@]1(c2cccc(Br)c2)NC(=O)N(CC(=O)Nc2sccc2C#N)C1=O. The largest absolute Gasteiger partial charge is 0.325 e. The molecule has 0 saturated carbocycles. The molecule has 0 aliphatic carbocycles. The van der Waals surface area contributed by atoms with Gasteiger partial charge in [0.05, 0.1) is 5.56 Å². The summed E-state index contributed by atoms with van der Waals surface area (Å²) < 4.78 is 0.774. The van der Waals surface area contributed by atoms with Crippen LogP contribution in [0.15, 0.2) is 40.2 Å². The number of rotatable bonds is 4. The molecule has 1 atom stereocenters. The van der Waals surface area contributed by atoms with Crippen LogP contribution in [-0.2, 0) is 15.1 Å². The standard InChI is InChI=1S/C17H13BrN4O3S/c1-17(11-3-2-4-12(18)7-11)15(24)22(16(25)21-17)9-13(23)20-14-10(8-19)5-6-26-14/h2-7H,9H2,1H3,(H,20,23)(H,21,25)/t17-/m0/s1. The average Bonchev–Trinajstić information content (AvgIpc) is 3.13. The molecule has 1 fully saturated rings. The van der Waals surface area contributed by atoms with E-state index in [9.17, 15) is 14.4 Å². The van der Waals surface area contributed by atoms with Crippen LogP contribution in [-0.4, -0.2) is 29.3 Å². The predicted molar refractivity (Wildman–Crippen MR) is 99.4 cm³/mol. The van der Waals surface area contributed by atoms with Crippen LogP contribution in [0.3, 0.4) is 0 Å². The van der Waals surface area contributed by atoms with E-state index in [1.165, 1.54) is 11.3 Å². The van der Waals surface area contributed by atoms with Crippen molar-refractivity contribution in [2.45, 2.75) is 12.5 Å². The third kappa shape index (κ3) is 3.21. The summed E-state index contributed by atoms with van der Waals surface area (Å²) in [6.45, 7) is 1.16. The molecule has 3 rings (SSSR count). The molecule has 7 nitrogen and oxygen atoms in total. The first-order chi connectivity index (χ1) is 12.3. The number of hydrogen-bond acceptors (Lipinski definition) is 5. The topological polar surface area (TPSA) is 102 Å². The Labute approximate surface area is 161 Å². The van der Waals surface area contributed by atoms with Crippen LogP contribution in [0.4, 0.5) is 9.80 Å². The molecule has 0 spiro atoms. The summed E-state index contributed by atoms with van der Waals surface area (Å²) in [6, 6.07) is 9.96. The molecule has 9 heteroatoms. The Hall–Kier alpha value is -2.70. The van der Waals surface area contributed by atoms with Crippen molar-refractivity contribution in [1.29, 1.82) is 5.26 Å². The minimum Gasteiger partial charge on any atom is -0.319 e. The van der Waals surface area contributed by atoms with Gasteiger partial charge in [-0.05, 0) is 36.1 Å². The molecule has 0 bridgehead atoms. The quantitative estimate of drug-likeness (QED) is 0.724. The van der Waals surface area contributed by atoms with E-state index in [2.05, 4.69) is 26.6 Å². The summed E-state index contributed by atoms with van der Waals surface area (Å²) in [6.07, 6.45) is 0. The Morgan fingerprint density at radius 2 is 2.19 bits per heavy atom. The fourth-order valence-electron chi connectivity index (χ4n) is 2.64. The maximum atomic E-state index is 12.8. The zero-order valence-electron chi connectivity index (χ0n) is 13.6. The fraction of sp³-hybridized carbons (Fsp3) is 0.176. The van der Waals surface area contributed by atoms with Crippen molar-refractivity contribution >= 4 is 50.1 Å². The zero-order chi connectivity index (χ0) is 18.9. The maximum absolute atomic E-state index is 12.8. The van der Waals surface area contributed by atoms with Gasteiger partial charge in [-0.2, -0.15) is 5.26 Å². The van der Waals surface area contributed by atoms with E-state index < -0.39 is 29.9 Å².